The lowest BCUT2D eigenvalue weighted by molar-refractivity contribution is -0.0948. The Kier molecular flexibility index (Phi) is 9.04. The number of esters is 1. The zero-order valence-electron chi connectivity index (χ0n) is 21.6. The molecule has 1 aliphatic heterocycles. The van der Waals surface area contributed by atoms with E-state index >= 15 is 0 Å². The minimum absolute atomic E-state index is 0.167. The van der Waals surface area contributed by atoms with Gasteiger partial charge in [-0.05, 0) is 41.8 Å². The second-order valence-electron chi connectivity index (χ2n) is 9.08. The van der Waals surface area contributed by atoms with Crippen LogP contribution in [0.3, 0.4) is 0 Å². The fourth-order valence-electron chi connectivity index (χ4n) is 4.49. The van der Waals surface area contributed by atoms with Gasteiger partial charge in [0.15, 0.2) is 0 Å². The second-order valence-corrected chi connectivity index (χ2v) is 10.8. The van der Waals surface area contributed by atoms with Gasteiger partial charge >= 0.3 is 5.97 Å². The third-order valence-electron chi connectivity index (χ3n) is 6.49. The second kappa shape index (κ2) is 12.4. The van der Waals surface area contributed by atoms with Gasteiger partial charge in [-0.25, -0.2) is 13.2 Å². The third kappa shape index (κ3) is 6.92. The fourth-order valence-corrected chi connectivity index (χ4v) is 5.68. The smallest absolute Gasteiger partial charge is 0.338 e. The summed E-state index contributed by atoms with van der Waals surface area (Å²) in [6.07, 6.45) is 1.39. The number of carbonyl (C=O) groups excluding carboxylic acids is 1. The van der Waals surface area contributed by atoms with Gasteiger partial charge in [0.2, 0.25) is 10.0 Å². The molecule has 1 aliphatic rings. The quantitative estimate of drug-likeness (QED) is 0.341. The molecule has 1 saturated heterocycles. The molecule has 0 radical (unpaired) electrons. The van der Waals surface area contributed by atoms with Gasteiger partial charge in [0.05, 0.1) is 29.2 Å². The first kappa shape index (κ1) is 27.6. The van der Waals surface area contributed by atoms with Crippen LogP contribution in [-0.2, 0) is 42.2 Å². The Morgan fingerprint density at radius 3 is 2.42 bits per heavy atom. The minimum atomic E-state index is -3.87. The van der Waals surface area contributed by atoms with Crippen LogP contribution in [-0.4, -0.2) is 41.3 Å². The van der Waals surface area contributed by atoms with Crippen molar-refractivity contribution in [3.63, 3.8) is 0 Å². The summed E-state index contributed by atoms with van der Waals surface area (Å²) < 4.78 is 51.6. The van der Waals surface area contributed by atoms with Gasteiger partial charge in [0, 0.05) is 33.2 Å². The maximum absolute atomic E-state index is 13.3. The van der Waals surface area contributed by atoms with E-state index in [1.807, 2.05) is 48.5 Å². The average Bonchev–Trinajstić information content (AvgIpc) is 2.93. The molecular formula is C29H33NO7S. The van der Waals surface area contributed by atoms with Crippen molar-refractivity contribution >= 4 is 21.7 Å². The molecule has 3 aromatic rings. The van der Waals surface area contributed by atoms with E-state index in [1.165, 1.54) is 6.07 Å². The average molecular weight is 540 g/mol. The normalized spacial score (nSPS) is 15.0. The summed E-state index contributed by atoms with van der Waals surface area (Å²) in [5, 5.41) is 0. The summed E-state index contributed by atoms with van der Waals surface area (Å²) in [7, 11) is -2.20. The van der Waals surface area contributed by atoms with Crippen molar-refractivity contribution in [1.29, 1.82) is 0 Å². The molecule has 0 aliphatic carbocycles. The van der Waals surface area contributed by atoms with Crippen molar-refractivity contribution in [2.45, 2.75) is 37.7 Å². The largest absolute Gasteiger partial charge is 0.487 e. The van der Waals surface area contributed by atoms with E-state index in [-0.39, 0.29) is 30.2 Å². The number of ether oxygens (including phenoxy) is 4. The lowest BCUT2D eigenvalue weighted by Crippen LogP contribution is -2.35. The molecule has 0 aromatic heterocycles. The van der Waals surface area contributed by atoms with Crippen molar-refractivity contribution in [3.05, 3.63) is 95.1 Å². The summed E-state index contributed by atoms with van der Waals surface area (Å²) in [5.41, 5.74) is 2.35. The van der Waals surface area contributed by atoms with Crippen LogP contribution in [0.4, 0.5) is 5.69 Å². The highest BCUT2D eigenvalue weighted by Gasteiger charge is 2.34. The van der Waals surface area contributed by atoms with Gasteiger partial charge in [0.1, 0.15) is 12.4 Å². The molecule has 202 valence electrons. The van der Waals surface area contributed by atoms with Crippen LogP contribution in [0.15, 0.2) is 72.8 Å². The number of methoxy groups -OCH3 is 1. The highest BCUT2D eigenvalue weighted by atomic mass is 32.2. The molecule has 3 aromatic carbocycles. The number of benzene rings is 3. The number of nitrogens with one attached hydrogen (secondary N) is 1. The van der Waals surface area contributed by atoms with Crippen molar-refractivity contribution in [1.82, 2.24) is 0 Å². The van der Waals surface area contributed by atoms with Gasteiger partial charge < -0.3 is 18.9 Å². The van der Waals surface area contributed by atoms with E-state index in [0.29, 0.717) is 37.4 Å². The van der Waals surface area contributed by atoms with E-state index in [2.05, 4.69) is 4.72 Å². The minimum Gasteiger partial charge on any atom is -0.487 e. The number of anilines is 1. The zero-order valence-corrected chi connectivity index (χ0v) is 22.5. The summed E-state index contributed by atoms with van der Waals surface area (Å²) in [6, 6.07) is 21.5. The Morgan fingerprint density at radius 2 is 1.71 bits per heavy atom. The van der Waals surface area contributed by atoms with Crippen molar-refractivity contribution in [3.8, 4) is 5.75 Å². The van der Waals surface area contributed by atoms with Crippen LogP contribution in [0.25, 0.3) is 0 Å². The Morgan fingerprint density at radius 1 is 0.974 bits per heavy atom. The molecule has 38 heavy (non-hydrogen) atoms. The summed E-state index contributed by atoms with van der Waals surface area (Å²) in [4.78, 5) is 12.3. The molecule has 0 bridgehead atoms. The number of rotatable bonds is 11. The lowest BCUT2D eigenvalue weighted by Gasteiger charge is -2.36. The van der Waals surface area contributed by atoms with E-state index in [1.54, 1.807) is 32.2 Å². The first-order chi connectivity index (χ1) is 18.3. The zero-order chi connectivity index (χ0) is 27.0. The predicted octanol–water partition coefficient (Wildman–Crippen LogP) is 5.04. The van der Waals surface area contributed by atoms with E-state index in [4.69, 9.17) is 18.9 Å². The SMILES string of the molecule is CCOC(=O)c1ccc(OCc2ccccc2)c(NS(=O)(=O)Cc2cccc(C3(OC)CCOCC3)c2)c1. The molecule has 4 rings (SSSR count). The standard InChI is InChI=1S/C29H33NO7S/c1-3-36-28(31)24-12-13-27(37-20-22-8-5-4-6-9-22)26(19-24)30-38(32,33)21-23-10-7-11-25(18-23)29(34-2)14-16-35-17-15-29/h4-13,18-19,30H,3,14-17,20-21H2,1-2H3. The highest BCUT2D eigenvalue weighted by Crippen LogP contribution is 2.36. The van der Waals surface area contributed by atoms with Crippen LogP contribution in [0.5, 0.6) is 5.75 Å². The molecule has 8 nitrogen and oxygen atoms in total. The topological polar surface area (TPSA) is 100 Å². The van der Waals surface area contributed by atoms with E-state index < -0.39 is 21.6 Å². The molecule has 1 N–H and O–H groups in total. The Balaban J connectivity index is 1.57. The van der Waals surface area contributed by atoms with E-state index in [9.17, 15) is 13.2 Å². The molecule has 0 atom stereocenters. The number of carbonyl (C=O) groups is 1. The van der Waals surface area contributed by atoms with Gasteiger partial charge in [-0.1, -0.05) is 54.6 Å². The van der Waals surface area contributed by atoms with Gasteiger partial charge in [-0.3, -0.25) is 4.72 Å². The first-order valence-corrected chi connectivity index (χ1v) is 14.2. The molecule has 9 heteroatoms. The van der Waals surface area contributed by atoms with Crippen molar-refractivity contribution in [2.75, 3.05) is 31.7 Å². The summed E-state index contributed by atoms with van der Waals surface area (Å²) in [6.45, 7) is 3.32. The predicted molar refractivity (Wildman–Crippen MR) is 145 cm³/mol. The van der Waals surface area contributed by atoms with Gasteiger partial charge in [-0.15, -0.1) is 0 Å². The molecule has 0 unspecified atom stereocenters. The Hall–Kier alpha value is -3.40. The Labute approximate surface area is 223 Å². The summed E-state index contributed by atoms with van der Waals surface area (Å²) in [5.74, 6) is -0.504. The molecular weight excluding hydrogens is 506 g/mol. The maximum atomic E-state index is 13.3. The molecule has 0 spiro atoms. The monoisotopic (exact) mass is 539 g/mol. The van der Waals surface area contributed by atoms with Gasteiger partial charge in [0.25, 0.3) is 0 Å². The molecule has 1 fully saturated rings. The van der Waals surface area contributed by atoms with Crippen molar-refractivity contribution in [2.24, 2.45) is 0 Å². The third-order valence-corrected chi connectivity index (χ3v) is 7.74. The van der Waals surface area contributed by atoms with Crippen molar-refractivity contribution < 1.29 is 32.2 Å². The fraction of sp³-hybridized carbons (Fsp3) is 0.345. The van der Waals surface area contributed by atoms with Gasteiger partial charge in [-0.2, -0.15) is 0 Å². The van der Waals surface area contributed by atoms with Crippen LogP contribution >= 0.6 is 0 Å². The molecule has 0 saturated carbocycles. The molecule has 1 heterocycles. The number of sulfonamides is 1. The van der Waals surface area contributed by atoms with Crippen LogP contribution in [0.2, 0.25) is 0 Å². The number of hydrogen-bond donors (Lipinski definition) is 1. The maximum Gasteiger partial charge on any atom is 0.338 e. The van der Waals surface area contributed by atoms with E-state index in [0.717, 1.165) is 11.1 Å². The number of hydrogen-bond acceptors (Lipinski definition) is 7. The lowest BCUT2D eigenvalue weighted by atomic mass is 9.85. The highest BCUT2D eigenvalue weighted by molar-refractivity contribution is 7.91. The van der Waals surface area contributed by atoms with Crippen LogP contribution in [0.1, 0.15) is 46.8 Å². The summed E-state index contributed by atoms with van der Waals surface area (Å²) >= 11 is 0. The van der Waals surface area contributed by atoms with Crippen LogP contribution in [0, 0.1) is 0 Å². The Bertz CT molecular complexity index is 1340. The first-order valence-electron chi connectivity index (χ1n) is 12.5. The van der Waals surface area contributed by atoms with Crippen LogP contribution < -0.4 is 9.46 Å². The molecule has 0 amide bonds.